The predicted molar refractivity (Wildman–Crippen MR) is 103 cm³/mol. The van der Waals surface area contributed by atoms with E-state index in [4.69, 9.17) is 0 Å². The maximum Gasteiger partial charge on any atom is 0.191 e. The van der Waals surface area contributed by atoms with Crippen molar-refractivity contribution in [2.24, 2.45) is 10.9 Å². The molecule has 6 heteroatoms. The summed E-state index contributed by atoms with van der Waals surface area (Å²) in [5.74, 6) is 0.838. The number of rotatable bonds is 6. The van der Waals surface area contributed by atoms with Gasteiger partial charge in [-0.15, -0.1) is 24.0 Å². The first-order valence-electron chi connectivity index (χ1n) is 8.13. The van der Waals surface area contributed by atoms with Crippen LogP contribution in [0, 0.1) is 11.7 Å². The van der Waals surface area contributed by atoms with Crippen molar-refractivity contribution in [3.63, 3.8) is 0 Å². The van der Waals surface area contributed by atoms with E-state index < -0.39 is 0 Å². The molecule has 3 N–H and O–H groups in total. The van der Waals surface area contributed by atoms with Crippen LogP contribution in [-0.4, -0.2) is 36.8 Å². The SMILES string of the molecule is CCNC(=NCC1CCCC1O)NCCc1cccc(F)c1.I. The van der Waals surface area contributed by atoms with Crippen LogP contribution in [0.1, 0.15) is 31.7 Å². The highest BCUT2D eigenvalue weighted by molar-refractivity contribution is 14.0. The van der Waals surface area contributed by atoms with Crippen LogP contribution in [-0.2, 0) is 6.42 Å². The molecule has 1 aromatic rings. The summed E-state index contributed by atoms with van der Waals surface area (Å²) < 4.78 is 13.1. The van der Waals surface area contributed by atoms with Crippen molar-refractivity contribution in [3.8, 4) is 0 Å². The van der Waals surface area contributed by atoms with Crippen LogP contribution < -0.4 is 10.6 Å². The minimum Gasteiger partial charge on any atom is -0.393 e. The van der Waals surface area contributed by atoms with E-state index >= 15 is 0 Å². The minimum atomic E-state index is -0.209. The van der Waals surface area contributed by atoms with Crippen molar-refractivity contribution in [1.82, 2.24) is 10.6 Å². The molecule has 0 spiro atoms. The molecule has 0 aromatic heterocycles. The number of nitrogens with one attached hydrogen (secondary N) is 2. The molecule has 0 aliphatic heterocycles. The minimum absolute atomic E-state index is 0. The lowest BCUT2D eigenvalue weighted by Gasteiger charge is -2.15. The molecule has 1 aliphatic carbocycles. The standard InChI is InChI=1S/C17H26FN3O.HI/c1-2-19-17(21-12-14-6-4-8-16(14)22)20-10-9-13-5-3-7-15(18)11-13;/h3,5,7,11,14,16,22H,2,4,6,8-10,12H2,1H3,(H2,19,20,21);1H. The molecule has 0 amide bonds. The molecule has 0 saturated heterocycles. The summed E-state index contributed by atoms with van der Waals surface area (Å²) in [6, 6.07) is 6.66. The van der Waals surface area contributed by atoms with Crippen molar-refractivity contribution < 1.29 is 9.50 Å². The number of hydrogen-bond donors (Lipinski definition) is 3. The summed E-state index contributed by atoms with van der Waals surface area (Å²) >= 11 is 0. The fraction of sp³-hybridized carbons (Fsp3) is 0.588. The molecule has 4 nitrogen and oxygen atoms in total. The Morgan fingerprint density at radius 2 is 2.17 bits per heavy atom. The summed E-state index contributed by atoms with van der Waals surface area (Å²) in [6.07, 6.45) is 3.56. The van der Waals surface area contributed by atoms with Crippen LogP contribution in [0.3, 0.4) is 0 Å². The molecule has 2 atom stereocenters. The second-order valence-corrected chi connectivity index (χ2v) is 5.78. The molecular formula is C17H27FIN3O. The lowest BCUT2D eigenvalue weighted by Crippen LogP contribution is -2.39. The Bertz CT molecular complexity index is 498. The highest BCUT2D eigenvalue weighted by Crippen LogP contribution is 2.25. The van der Waals surface area contributed by atoms with Gasteiger partial charge in [-0.3, -0.25) is 4.99 Å². The van der Waals surface area contributed by atoms with E-state index in [9.17, 15) is 9.50 Å². The molecule has 1 aromatic carbocycles. The van der Waals surface area contributed by atoms with Crippen molar-refractivity contribution in [1.29, 1.82) is 0 Å². The normalized spacial score (nSPS) is 20.9. The van der Waals surface area contributed by atoms with Gasteiger partial charge in [-0.05, 0) is 43.9 Å². The zero-order valence-corrected chi connectivity index (χ0v) is 15.9. The summed E-state index contributed by atoms with van der Waals surface area (Å²) in [5, 5.41) is 16.3. The molecule has 2 rings (SSSR count). The lowest BCUT2D eigenvalue weighted by atomic mass is 10.1. The molecule has 2 unspecified atom stereocenters. The topological polar surface area (TPSA) is 56.7 Å². The third-order valence-electron chi connectivity index (χ3n) is 4.04. The summed E-state index contributed by atoms with van der Waals surface area (Å²) in [5.41, 5.74) is 0.967. The van der Waals surface area contributed by atoms with Gasteiger partial charge in [0.25, 0.3) is 0 Å². The van der Waals surface area contributed by atoms with Gasteiger partial charge in [0.1, 0.15) is 5.82 Å². The summed E-state index contributed by atoms with van der Waals surface area (Å²) in [7, 11) is 0. The largest absolute Gasteiger partial charge is 0.393 e. The number of hydrogen-bond acceptors (Lipinski definition) is 2. The Labute approximate surface area is 155 Å². The average Bonchev–Trinajstić information content (AvgIpc) is 2.90. The van der Waals surface area contributed by atoms with Gasteiger partial charge < -0.3 is 15.7 Å². The number of nitrogens with zero attached hydrogens (tertiary/aromatic N) is 1. The number of benzene rings is 1. The lowest BCUT2D eigenvalue weighted by molar-refractivity contribution is 0.136. The summed E-state index contributed by atoms with van der Waals surface area (Å²) in [6.45, 7) is 4.16. The molecule has 1 saturated carbocycles. The first kappa shape index (κ1) is 20.2. The van der Waals surface area contributed by atoms with Crippen molar-refractivity contribution in [3.05, 3.63) is 35.6 Å². The Balaban J connectivity index is 0.00000264. The second-order valence-electron chi connectivity index (χ2n) is 5.78. The van der Waals surface area contributed by atoms with E-state index in [1.807, 2.05) is 13.0 Å². The van der Waals surface area contributed by atoms with E-state index in [1.165, 1.54) is 6.07 Å². The Hall–Kier alpha value is -0.890. The Kier molecular flexibility index (Phi) is 9.47. The van der Waals surface area contributed by atoms with Crippen molar-refractivity contribution >= 4 is 29.9 Å². The fourth-order valence-corrected chi connectivity index (χ4v) is 2.80. The number of guanidine groups is 1. The van der Waals surface area contributed by atoms with Gasteiger partial charge in [0, 0.05) is 25.6 Å². The van der Waals surface area contributed by atoms with Gasteiger partial charge >= 0.3 is 0 Å². The second kappa shape index (κ2) is 10.8. The molecule has 1 fully saturated rings. The van der Waals surface area contributed by atoms with Crippen LogP contribution in [0.15, 0.2) is 29.3 Å². The van der Waals surface area contributed by atoms with Gasteiger partial charge in [0.2, 0.25) is 0 Å². The number of aliphatic imine (C=N–C) groups is 1. The molecule has 23 heavy (non-hydrogen) atoms. The van der Waals surface area contributed by atoms with Crippen LogP contribution in [0.5, 0.6) is 0 Å². The van der Waals surface area contributed by atoms with E-state index in [-0.39, 0.29) is 41.8 Å². The van der Waals surface area contributed by atoms with Crippen LogP contribution in [0.4, 0.5) is 4.39 Å². The number of aliphatic hydroxyl groups excluding tert-OH is 1. The van der Waals surface area contributed by atoms with E-state index in [2.05, 4.69) is 15.6 Å². The number of halogens is 2. The molecule has 0 radical (unpaired) electrons. The third-order valence-corrected chi connectivity index (χ3v) is 4.04. The smallest absolute Gasteiger partial charge is 0.191 e. The monoisotopic (exact) mass is 435 g/mol. The molecular weight excluding hydrogens is 408 g/mol. The third kappa shape index (κ3) is 7.03. The maximum absolute atomic E-state index is 13.1. The van der Waals surface area contributed by atoms with Gasteiger partial charge in [-0.25, -0.2) is 4.39 Å². The zero-order valence-electron chi connectivity index (χ0n) is 13.6. The van der Waals surface area contributed by atoms with Crippen LogP contribution in [0.2, 0.25) is 0 Å². The quantitative estimate of drug-likeness (QED) is 0.366. The van der Waals surface area contributed by atoms with Gasteiger partial charge in [-0.2, -0.15) is 0 Å². The molecule has 0 heterocycles. The van der Waals surface area contributed by atoms with Gasteiger partial charge in [-0.1, -0.05) is 18.6 Å². The highest BCUT2D eigenvalue weighted by Gasteiger charge is 2.24. The van der Waals surface area contributed by atoms with E-state index in [0.717, 1.165) is 43.8 Å². The van der Waals surface area contributed by atoms with Crippen molar-refractivity contribution in [2.45, 2.75) is 38.7 Å². The highest BCUT2D eigenvalue weighted by atomic mass is 127. The van der Waals surface area contributed by atoms with E-state index in [0.29, 0.717) is 13.1 Å². The molecule has 1 aliphatic rings. The Morgan fingerprint density at radius 3 is 2.83 bits per heavy atom. The van der Waals surface area contributed by atoms with Crippen LogP contribution in [0.25, 0.3) is 0 Å². The molecule has 0 bridgehead atoms. The van der Waals surface area contributed by atoms with Gasteiger partial charge in [0.05, 0.1) is 6.10 Å². The van der Waals surface area contributed by atoms with Crippen molar-refractivity contribution in [2.75, 3.05) is 19.6 Å². The summed E-state index contributed by atoms with van der Waals surface area (Å²) in [4.78, 5) is 4.55. The van der Waals surface area contributed by atoms with E-state index in [1.54, 1.807) is 12.1 Å². The number of aliphatic hydroxyl groups is 1. The average molecular weight is 435 g/mol. The predicted octanol–water partition coefficient (Wildman–Crippen LogP) is 2.70. The zero-order chi connectivity index (χ0) is 15.8. The fourth-order valence-electron chi connectivity index (χ4n) is 2.80. The first-order valence-corrected chi connectivity index (χ1v) is 8.13. The van der Waals surface area contributed by atoms with Gasteiger partial charge in [0.15, 0.2) is 5.96 Å². The first-order chi connectivity index (χ1) is 10.7. The Morgan fingerprint density at radius 1 is 1.35 bits per heavy atom. The maximum atomic E-state index is 13.1. The molecule has 130 valence electrons. The van der Waals surface area contributed by atoms with Crippen LogP contribution >= 0.6 is 24.0 Å².